The predicted molar refractivity (Wildman–Crippen MR) is 129 cm³/mol. The second-order valence-corrected chi connectivity index (χ2v) is 10.8. The van der Waals surface area contributed by atoms with Gasteiger partial charge in [0.15, 0.2) is 11.5 Å². The summed E-state index contributed by atoms with van der Waals surface area (Å²) in [5.41, 5.74) is 1.42. The number of ether oxygens (including phenoxy) is 2. The number of piperidine rings is 1. The Balaban J connectivity index is 1.65. The zero-order valence-corrected chi connectivity index (χ0v) is 21.1. The van der Waals surface area contributed by atoms with E-state index >= 15 is 0 Å². The largest absolute Gasteiger partial charge is 0.493 e. The minimum atomic E-state index is -3.61. The highest BCUT2D eigenvalue weighted by Gasteiger charge is 2.33. The Morgan fingerprint density at radius 2 is 1.85 bits per heavy atom. The van der Waals surface area contributed by atoms with Gasteiger partial charge in [-0.05, 0) is 55.2 Å². The molecule has 1 saturated heterocycles. The normalized spacial score (nSPS) is 17.9. The lowest BCUT2D eigenvalue weighted by atomic mass is 9.98. The lowest BCUT2D eigenvalue weighted by molar-refractivity contribution is -0.126. The van der Waals surface area contributed by atoms with Crippen LogP contribution in [-0.4, -0.2) is 45.9 Å². The fourth-order valence-corrected chi connectivity index (χ4v) is 5.80. The molecule has 2 unspecified atom stereocenters. The summed E-state index contributed by atoms with van der Waals surface area (Å²) in [6.45, 7) is 2.41. The number of nitrogens with zero attached hydrogens (tertiary/aromatic N) is 1. The van der Waals surface area contributed by atoms with E-state index in [1.165, 1.54) is 4.31 Å². The first-order valence-corrected chi connectivity index (χ1v) is 12.9. The van der Waals surface area contributed by atoms with Gasteiger partial charge in [-0.15, -0.1) is 0 Å². The minimum Gasteiger partial charge on any atom is -0.493 e. The number of hydrogen-bond acceptors (Lipinski definition) is 5. The van der Waals surface area contributed by atoms with Gasteiger partial charge in [0.25, 0.3) is 0 Å². The van der Waals surface area contributed by atoms with E-state index in [1.807, 2.05) is 19.1 Å². The maximum Gasteiger partial charge on any atom is 0.224 e. The van der Waals surface area contributed by atoms with Crippen molar-refractivity contribution >= 4 is 39.1 Å². The smallest absolute Gasteiger partial charge is 0.224 e. The topological polar surface area (TPSA) is 84.9 Å². The van der Waals surface area contributed by atoms with Crippen molar-refractivity contribution in [3.05, 3.63) is 57.6 Å². The summed E-state index contributed by atoms with van der Waals surface area (Å²) in [6.07, 6.45) is 1.24. The summed E-state index contributed by atoms with van der Waals surface area (Å²) in [5.74, 6) is 0.389. The average molecular weight is 515 g/mol. The van der Waals surface area contributed by atoms with Gasteiger partial charge in [-0.2, -0.15) is 0 Å². The molecule has 1 fully saturated rings. The summed E-state index contributed by atoms with van der Waals surface area (Å²) in [6, 6.07) is 9.97. The molecule has 0 spiro atoms. The molecule has 0 radical (unpaired) electrons. The summed E-state index contributed by atoms with van der Waals surface area (Å²) in [4.78, 5) is 13.0. The van der Waals surface area contributed by atoms with Gasteiger partial charge in [0, 0.05) is 13.1 Å². The molecule has 2 atom stereocenters. The second kappa shape index (κ2) is 11.0. The first-order chi connectivity index (χ1) is 15.6. The number of nitrogens with one attached hydrogen (secondary N) is 1. The predicted octanol–water partition coefficient (Wildman–Crippen LogP) is 4.43. The van der Waals surface area contributed by atoms with E-state index in [1.54, 1.807) is 38.5 Å². The summed E-state index contributed by atoms with van der Waals surface area (Å²) in [5, 5.41) is 3.68. The van der Waals surface area contributed by atoms with Gasteiger partial charge in [0.2, 0.25) is 15.9 Å². The van der Waals surface area contributed by atoms with Crippen molar-refractivity contribution in [2.45, 2.75) is 31.6 Å². The molecule has 33 heavy (non-hydrogen) atoms. The highest BCUT2D eigenvalue weighted by atomic mass is 35.5. The van der Waals surface area contributed by atoms with Gasteiger partial charge in [-0.25, -0.2) is 12.7 Å². The highest BCUT2D eigenvalue weighted by molar-refractivity contribution is 7.88. The van der Waals surface area contributed by atoms with Crippen LogP contribution in [-0.2, 0) is 20.6 Å². The van der Waals surface area contributed by atoms with Crippen LogP contribution in [0.2, 0.25) is 10.0 Å². The molecule has 1 aliphatic heterocycles. The first-order valence-electron chi connectivity index (χ1n) is 10.6. The molecule has 180 valence electrons. The van der Waals surface area contributed by atoms with Crippen molar-refractivity contribution < 1.29 is 22.7 Å². The molecule has 1 aliphatic rings. The fourth-order valence-electron chi connectivity index (χ4n) is 3.88. The number of benzene rings is 2. The Labute approximate surface area is 205 Å². The Morgan fingerprint density at radius 1 is 1.12 bits per heavy atom. The lowest BCUT2D eigenvalue weighted by Gasteiger charge is -2.32. The molecule has 0 aromatic heterocycles. The average Bonchev–Trinajstić information content (AvgIpc) is 2.80. The summed E-state index contributed by atoms with van der Waals surface area (Å²) >= 11 is 11.9. The van der Waals surface area contributed by atoms with E-state index in [-0.39, 0.29) is 24.2 Å². The molecule has 7 nitrogen and oxygen atoms in total. The van der Waals surface area contributed by atoms with Crippen LogP contribution in [0, 0.1) is 5.92 Å². The van der Waals surface area contributed by atoms with Crippen molar-refractivity contribution in [3.8, 4) is 11.5 Å². The molecule has 1 amide bonds. The number of carbonyl (C=O) groups excluding carboxylic acids is 1. The quantitative estimate of drug-likeness (QED) is 0.563. The first kappa shape index (κ1) is 25.6. The number of sulfonamides is 1. The van der Waals surface area contributed by atoms with Crippen molar-refractivity contribution in [1.29, 1.82) is 0 Å². The monoisotopic (exact) mass is 514 g/mol. The van der Waals surface area contributed by atoms with E-state index in [9.17, 15) is 13.2 Å². The Hall–Kier alpha value is -2.00. The van der Waals surface area contributed by atoms with Crippen molar-refractivity contribution in [2.75, 3.05) is 27.3 Å². The van der Waals surface area contributed by atoms with Crippen LogP contribution in [0.15, 0.2) is 36.4 Å². The molecule has 10 heteroatoms. The minimum absolute atomic E-state index is 0.147. The number of rotatable bonds is 8. The van der Waals surface area contributed by atoms with Crippen LogP contribution >= 0.6 is 23.2 Å². The zero-order valence-electron chi connectivity index (χ0n) is 18.8. The van der Waals surface area contributed by atoms with E-state index in [0.29, 0.717) is 46.5 Å². The zero-order chi connectivity index (χ0) is 24.2. The van der Waals surface area contributed by atoms with E-state index in [2.05, 4.69) is 5.32 Å². The molecule has 2 aromatic carbocycles. The number of methoxy groups -OCH3 is 2. The molecule has 1 heterocycles. The molecule has 1 N–H and O–H groups in total. The van der Waals surface area contributed by atoms with E-state index in [0.717, 1.165) is 5.56 Å². The number of halogens is 2. The number of amides is 1. The van der Waals surface area contributed by atoms with Crippen molar-refractivity contribution in [3.63, 3.8) is 0 Å². The highest BCUT2D eigenvalue weighted by Crippen LogP contribution is 2.30. The number of hydrogen-bond donors (Lipinski definition) is 1. The standard InChI is InChI=1S/C23H28Cl2N2O5S/c1-15(17-7-9-21(31-2)22(12-17)32-3)26-23(28)18-5-4-10-27(13-18)33(29,30)14-16-6-8-19(24)20(25)11-16/h6-9,11-12,15,18H,4-5,10,13-14H2,1-3H3,(H,26,28). The maximum absolute atomic E-state index is 13.0. The van der Waals surface area contributed by atoms with Gasteiger partial charge < -0.3 is 14.8 Å². The van der Waals surface area contributed by atoms with Crippen LogP contribution in [0.5, 0.6) is 11.5 Å². The number of carbonyl (C=O) groups is 1. The Kier molecular flexibility index (Phi) is 8.50. The molecule has 0 aliphatic carbocycles. The van der Waals surface area contributed by atoms with Crippen molar-refractivity contribution in [2.24, 2.45) is 5.92 Å². The van der Waals surface area contributed by atoms with Crippen LogP contribution in [0.3, 0.4) is 0 Å². The Bertz CT molecular complexity index is 1110. The maximum atomic E-state index is 13.0. The molecule has 0 saturated carbocycles. The van der Waals surface area contributed by atoms with Crippen LogP contribution in [0.1, 0.15) is 36.9 Å². The van der Waals surface area contributed by atoms with Gasteiger partial charge in [0.1, 0.15) is 0 Å². The second-order valence-electron chi connectivity index (χ2n) is 8.05. The molecular formula is C23H28Cl2N2O5S. The van der Waals surface area contributed by atoms with E-state index < -0.39 is 15.9 Å². The fraction of sp³-hybridized carbons (Fsp3) is 0.435. The van der Waals surface area contributed by atoms with Gasteiger partial charge in [-0.3, -0.25) is 4.79 Å². The molecule has 3 rings (SSSR count). The third-order valence-corrected chi connectivity index (χ3v) is 8.30. The molecule has 2 aromatic rings. The Morgan fingerprint density at radius 3 is 2.52 bits per heavy atom. The third kappa shape index (κ3) is 6.32. The third-order valence-electron chi connectivity index (χ3n) is 5.75. The molecular weight excluding hydrogens is 487 g/mol. The lowest BCUT2D eigenvalue weighted by Crippen LogP contribution is -2.46. The van der Waals surface area contributed by atoms with Gasteiger partial charge >= 0.3 is 0 Å². The van der Waals surface area contributed by atoms with Crippen LogP contribution < -0.4 is 14.8 Å². The van der Waals surface area contributed by atoms with Crippen LogP contribution in [0.4, 0.5) is 0 Å². The van der Waals surface area contributed by atoms with Gasteiger partial charge in [0.05, 0.1) is 42.0 Å². The van der Waals surface area contributed by atoms with E-state index in [4.69, 9.17) is 32.7 Å². The van der Waals surface area contributed by atoms with Crippen LogP contribution in [0.25, 0.3) is 0 Å². The SMILES string of the molecule is COc1ccc(C(C)NC(=O)C2CCCN(S(=O)(=O)Cc3ccc(Cl)c(Cl)c3)C2)cc1OC. The van der Waals surface area contributed by atoms with Crippen molar-refractivity contribution in [1.82, 2.24) is 9.62 Å². The molecule has 0 bridgehead atoms. The summed E-state index contributed by atoms with van der Waals surface area (Å²) < 4.78 is 38.0. The summed E-state index contributed by atoms with van der Waals surface area (Å²) in [7, 11) is -0.490. The van der Waals surface area contributed by atoms with Gasteiger partial charge in [-0.1, -0.05) is 35.3 Å².